The summed E-state index contributed by atoms with van der Waals surface area (Å²) in [4.78, 5) is 52.9. The number of ketones is 2. The first-order chi connectivity index (χ1) is 17.8. The first-order valence-electron chi connectivity index (χ1n) is 11.8. The van der Waals surface area contributed by atoms with E-state index in [-0.39, 0.29) is 47.8 Å². The second kappa shape index (κ2) is 11.1. The number of rotatable bonds is 5. The van der Waals surface area contributed by atoms with Gasteiger partial charge in [0.15, 0.2) is 17.7 Å². The van der Waals surface area contributed by atoms with Gasteiger partial charge >= 0.3 is 11.9 Å². The highest BCUT2D eigenvalue weighted by molar-refractivity contribution is 6.31. The second-order valence-corrected chi connectivity index (χ2v) is 8.90. The number of hydrogen-bond acceptors (Lipinski definition) is 8. The summed E-state index contributed by atoms with van der Waals surface area (Å²) in [5.74, 6) is -3.13. The van der Waals surface area contributed by atoms with Gasteiger partial charge in [0.1, 0.15) is 0 Å². The van der Waals surface area contributed by atoms with Crippen molar-refractivity contribution >= 4 is 35.1 Å². The highest BCUT2D eigenvalue weighted by Crippen LogP contribution is 2.43. The topological polar surface area (TPSA) is 108 Å². The van der Waals surface area contributed by atoms with Crippen LogP contribution in [0.5, 0.6) is 0 Å². The third-order valence-corrected chi connectivity index (χ3v) is 6.66. The zero-order valence-electron chi connectivity index (χ0n) is 20.6. The first-order valence-corrected chi connectivity index (χ1v) is 12.2. The standard InChI is InChI=1S/C28H26ClNO7/c1-4-36-28(34)23-22(18-11-7-8-12-19(18)29)21(27(33)35-3)15(2)30-24(23)26-25(32)17-10-6-5-9-16(17)20(31)13-14-37-26/h5-12,22,26,30H,4,13-14H2,1-3H3/t22-,26-/m1/s1. The van der Waals surface area contributed by atoms with Crippen LogP contribution in [0.15, 0.2) is 71.1 Å². The van der Waals surface area contributed by atoms with Crippen molar-refractivity contribution in [2.75, 3.05) is 20.3 Å². The van der Waals surface area contributed by atoms with Gasteiger partial charge in [0.2, 0.25) is 0 Å². The molecule has 8 nitrogen and oxygen atoms in total. The van der Waals surface area contributed by atoms with Crippen LogP contribution in [-0.4, -0.2) is 49.9 Å². The monoisotopic (exact) mass is 523 g/mol. The third-order valence-electron chi connectivity index (χ3n) is 6.32. The van der Waals surface area contributed by atoms with Crippen molar-refractivity contribution in [1.82, 2.24) is 5.32 Å². The molecule has 37 heavy (non-hydrogen) atoms. The van der Waals surface area contributed by atoms with Crippen molar-refractivity contribution in [3.05, 3.63) is 92.8 Å². The zero-order chi connectivity index (χ0) is 26.7. The van der Waals surface area contributed by atoms with Crippen LogP contribution in [0.1, 0.15) is 52.5 Å². The summed E-state index contributed by atoms with van der Waals surface area (Å²) >= 11 is 6.55. The maximum Gasteiger partial charge on any atom is 0.336 e. The number of benzene rings is 2. The molecular formula is C28H26ClNO7. The zero-order valence-corrected chi connectivity index (χ0v) is 21.4. The number of esters is 2. The number of hydrogen-bond donors (Lipinski definition) is 1. The largest absolute Gasteiger partial charge is 0.466 e. The number of allylic oxidation sites excluding steroid dienone is 1. The number of ether oxygens (including phenoxy) is 3. The molecule has 9 heteroatoms. The second-order valence-electron chi connectivity index (χ2n) is 8.49. The maximum atomic E-state index is 13.8. The molecule has 0 spiro atoms. The minimum atomic E-state index is -1.27. The molecule has 0 aliphatic carbocycles. The molecule has 0 aromatic heterocycles. The van der Waals surface area contributed by atoms with Gasteiger partial charge < -0.3 is 19.5 Å². The van der Waals surface area contributed by atoms with Crippen molar-refractivity contribution in [3.8, 4) is 0 Å². The number of dihydropyridines is 1. The highest BCUT2D eigenvalue weighted by atomic mass is 35.5. The Hall–Kier alpha value is -3.75. The van der Waals surface area contributed by atoms with E-state index in [4.69, 9.17) is 25.8 Å². The summed E-state index contributed by atoms with van der Waals surface area (Å²) in [5, 5.41) is 3.38. The van der Waals surface area contributed by atoms with E-state index in [2.05, 4.69) is 5.32 Å². The van der Waals surface area contributed by atoms with Crippen LogP contribution >= 0.6 is 11.6 Å². The summed E-state index contributed by atoms with van der Waals surface area (Å²) in [6.07, 6.45) is -1.22. The lowest BCUT2D eigenvalue weighted by molar-refractivity contribution is -0.139. The van der Waals surface area contributed by atoms with Crippen molar-refractivity contribution < 1.29 is 33.4 Å². The summed E-state index contributed by atoms with van der Waals surface area (Å²) in [6.45, 7) is 3.30. The van der Waals surface area contributed by atoms with Crippen molar-refractivity contribution in [1.29, 1.82) is 0 Å². The van der Waals surface area contributed by atoms with Crippen LogP contribution < -0.4 is 5.32 Å². The van der Waals surface area contributed by atoms with Gasteiger partial charge in [0.25, 0.3) is 0 Å². The summed E-state index contributed by atoms with van der Waals surface area (Å²) in [7, 11) is 1.24. The normalized spacial score (nSPS) is 20.0. The van der Waals surface area contributed by atoms with E-state index >= 15 is 0 Å². The molecule has 4 rings (SSSR count). The molecule has 2 heterocycles. The van der Waals surface area contributed by atoms with Gasteiger partial charge in [-0.25, -0.2) is 9.59 Å². The number of nitrogens with one attached hydrogen (secondary N) is 1. The number of carbonyl (C=O) groups excluding carboxylic acids is 4. The summed E-state index contributed by atoms with van der Waals surface area (Å²) < 4.78 is 16.4. The highest BCUT2D eigenvalue weighted by Gasteiger charge is 2.44. The fourth-order valence-electron chi connectivity index (χ4n) is 4.67. The van der Waals surface area contributed by atoms with E-state index in [1.54, 1.807) is 62.4 Å². The molecule has 0 amide bonds. The number of methoxy groups -OCH3 is 1. The molecule has 0 saturated heterocycles. The van der Waals surface area contributed by atoms with Gasteiger partial charge in [-0.2, -0.15) is 0 Å². The lowest BCUT2D eigenvalue weighted by Crippen LogP contribution is -2.42. The van der Waals surface area contributed by atoms with Gasteiger partial charge in [-0.05, 0) is 25.5 Å². The number of halogens is 1. The molecule has 192 valence electrons. The SMILES string of the molecule is CCOC(=O)C1=C([C@H]2OCCC(=O)c3ccccc3C2=O)NC(C)=C(C(=O)OC)[C@H]1c1ccccc1Cl. The predicted molar refractivity (Wildman–Crippen MR) is 135 cm³/mol. The molecule has 2 aromatic rings. The maximum absolute atomic E-state index is 13.8. The molecule has 2 atom stereocenters. The average Bonchev–Trinajstić information content (AvgIpc) is 2.89. The minimum absolute atomic E-state index is 0.00341. The summed E-state index contributed by atoms with van der Waals surface area (Å²) in [6, 6.07) is 13.3. The Morgan fingerprint density at radius 2 is 1.70 bits per heavy atom. The fourth-order valence-corrected chi connectivity index (χ4v) is 4.92. The van der Waals surface area contributed by atoms with Crippen LogP contribution in [0, 0.1) is 0 Å². The smallest absolute Gasteiger partial charge is 0.336 e. The van der Waals surface area contributed by atoms with E-state index in [1.165, 1.54) is 7.11 Å². The Bertz CT molecular complexity index is 1340. The molecule has 0 unspecified atom stereocenters. The molecule has 1 N–H and O–H groups in total. The Kier molecular flexibility index (Phi) is 7.90. The molecule has 0 bridgehead atoms. The molecule has 2 aliphatic rings. The van der Waals surface area contributed by atoms with Crippen LogP contribution in [0.4, 0.5) is 0 Å². The third kappa shape index (κ3) is 4.95. The van der Waals surface area contributed by atoms with Crippen molar-refractivity contribution in [3.63, 3.8) is 0 Å². The Morgan fingerprint density at radius 3 is 2.38 bits per heavy atom. The Labute approximate surface area is 219 Å². The first kappa shape index (κ1) is 26.3. The molecule has 0 saturated carbocycles. The van der Waals surface area contributed by atoms with E-state index in [0.29, 0.717) is 21.8 Å². The van der Waals surface area contributed by atoms with Crippen LogP contribution in [0.25, 0.3) is 0 Å². The number of Topliss-reactive ketones (excluding diaryl/α,β-unsaturated/α-hetero) is 2. The molecule has 0 fully saturated rings. The van der Waals surface area contributed by atoms with Gasteiger partial charge in [-0.3, -0.25) is 9.59 Å². The average molecular weight is 524 g/mol. The minimum Gasteiger partial charge on any atom is -0.466 e. The van der Waals surface area contributed by atoms with Gasteiger partial charge in [0.05, 0.1) is 43.1 Å². The number of carbonyl (C=O) groups is 4. The van der Waals surface area contributed by atoms with E-state index in [1.807, 2.05) is 0 Å². The van der Waals surface area contributed by atoms with E-state index < -0.39 is 29.7 Å². The van der Waals surface area contributed by atoms with Gasteiger partial charge in [0, 0.05) is 28.3 Å². The Balaban J connectivity index is 1.99. The Morgan fingerprint density at radius 1 is 1.03 bits per heavy atom. The molecular weight excluding hydrogens is 498 g/mol. The molecule has 0 radical (unpaired) electrons. The van der Waals surface area contributed by atoms with Gasteiger partial charge in [-0.1, -0.05) is 54.1 Å². The predicted octanol–water partition coefficient (Wildman–Crippen LogP) is 4.15. The summed E-state index contributed by atoms with van der Waals surface area (Å²) in [5.41, 5.74) is 1.58. The quantitative estimate of drug-likeness (QED) is 0.582. The van der Waals surface area contributed by atoms with Crippen LogP contribution in [0.3, 0.4) is 0 Å². The van der Waals surface area contributed by atoms with Crippen LogP contribution in [-0.2, 0) is 23.8 Å². The molecule has 2 aromatic carbocycles. The van der Waals surface area contributed by atoms with E-state index in [9.17, 15) is 19.2 Å². The van der Waals surface area contributed by atoms with Gasteiger partial charge in [-0.15, -0.1) is 0 Å². The van der Waals surface area contributed by atoms with E-state index in [0.717, 1.165) is 0 Å². The number of fused-ring (bicyclic) bond motifs is 1. The lowest BCUT2D eigenvalue weighted by Gasteiger charge is -2.34. The lowest BCUT2D eigenvalue weighted by atomic mass is 9.78. The molecule has 2 aliphatic heterocycles. The fraction of sp³-hybridized carbons (Fsp3) is 0.286. The van der Waals surface area contributed by atoms with Crippen LogP contribution in [0.2, 0.25) is 5.02 Å². The van der Waals surface area contributed by atoms with Crippen molar-refractivity contribution in [2.24, 2.45) is 0 Å². The van der Waals surface area contributed by atoms with Crippen molar-refractivity contribution in [2.45, 2.75) is 32.3 Å².